The van der Waals surface area contributed by atoms with E-state index in [9.17, 15) is 9.59 Å². The number of carbonyl (C=O) groups excluding carboxylic acids is 2. The molecule has 41 heavy (non-hydrogen) atoms. The zero-order chi connectivity index (χ0) is 28.8. The maximum absolute atomic E-state index is 13.3. The molecule has 1 unspecified atom stereocenters. The van der Waals surface area contributed by atoms with Gasteiger partial charge in [-0.15, -0.1) is 0 Å². The Morgan fingerprint density at radius 1 is 1.22 bits per heavy atom. The molecular weight excluding hydrogens is 590 g/mol. The average molecular weight is 625 g/mol. The van der Waals surface area contributed by atoms with Crippen molar-refractivity contribution in [1.29, 1.82) is 0 Å². The van der Waals surface area contributed by atoms with Gasteiger partial charge in [-0.25, -0.2) is 9.78 Å². The van der Waals surface area contributed by atoms with Gasteiger partial charge in [-0.3, -0.25) is 9.48 Å². The molecule has 0 bridgehead atoms. The lowest BCUT2D eigenvalue weighted by Crippen LogP contribution is -2.48. The van der Waals surface area contributed by atoms with E-state index < -0.39 is 0 Å². The van der Waals surface area contributed by atoms with Crippen molar-refractivity contribution in [2.24, 2.45) is 0 Å². The number of aromatic nitrogens is 4. The third kappa shape index (κ3) is 6.82. The molecule has 3 aromatic heterocycles. The number of unbranched alkanes of at least 4 members (excludes halogenated alkanes) is 1. The third-order valence-electron chi connectivity index (χ3n) is 7.07. The van der Waals surface area contributed by atoms with Crippen molar-refractivity contribution < 1.29 is 19.1 Å². The highest BCUT2D eigenvalue weighted by atomic mass is 79.9. The van der Waals surface area contributed by atoms with Gasteiger partial charge in [-0.05, 0) is 52.9 Å². The molecule has 0 saturated carbocycles. The Bertz CT molecular complexity index is 1500. The lowest BCUT2D eigenvalue weighted by molar-refractivity contribution is 0.102. The van der Waals surface area contributed by atoms with Gasteiger partial charge < -0.3 is 30.0 Å². The summed E-state index contributed by atoms with van der Waals surface area (Å²) >= 11 is 3.68. The van der Waals surface area contributed by atoms with E-state index in [2.05, 4.69) is 53.5 Å². The molecule has 3 N–H and O–H groups in total. The van der Waals surface area contributed by atoms with Crippen molar-refractivity contribution in [1.82, 2.24) is 25.1 Å². The highest BCUT2D eigenvalue weighted by Crippen LogP contribution is 2.39. The van der Waals surface area contributed by atoms with Gasteiger partial charge >= 0.3 is 6.09 Å². The van der Waals surface area contributed by atoms with Crippen molar-refractivity contribution in [2.45, 2.75) is 45.2 Å². The molecule has 4 heterocycles. The SMILES string of the molecule is CCCCOC(=O)NC1CCCN(c2c(Br)cnc3[nH]cc(NC(=O)c4cnn(Cc5ccc(OC)cc5)c4)c23)C1. The number of amides is 2. The van der Waals surface area contributed by atoms with Crippen molar-refractivity contribution in [3.8, 4) is 5.75 Å². The number of anilines is 2. The molecule has 11 nitrogen and oxygen atoms in total. The van der Waals surface area contributed by atoms with Crippen LogP contribution in [0.5, 0.6) is 5.75 Å². The van der Waals surface area contributed by atoms with Gasteiger partial charge in [0, 0.05) is 37.7 Å². The number of hydrogen-bond acceptors (Lipinski definition) is 7. The number of alkyl carbamates (subject to hydrolysis) is 1. The summed E-state index contributed by atoms with van der Waals surface area (Å²) in [7, 11) is 1.63. The molecule has 216 valence electrons. The van der Waals surface area contributed by atoms with Gasteiger partial charge in [0.25, 0.3) is 5.91 Å². The number of piperidine rings is 1. The van der Waals surface area contributed by atoms with Gasteiger partial charge in [-0.2, -0.15) is 5.10 Å². The summed E-state index contributed by atoms with van der Waals surface area (Å²) in [6.45, 7) is 4.42. The van der Waals surface area contributed by atoms with Crippen LogP contribution < -0.4 is 20.3 Å². The molecule has 0 radical (unpaired) electrons. The fourth-order valence-corrected chi connectivity index (χ4v) is 5.51. The number of benzene rings is 1. The predicted molar refractivity (Wildman–Crippen MR) is 161 cm³/mol. The molecule has 5 rings (SSSR count). The Hall–Kier alpha value is -4.06. The van der Waals surface area contributed by atoms with Gasteiger partial charge in [0.05, 0.1) is 53.3 Å². The van der Waals surface area contributed by atoms with Gasteiger partial charge in [0.15, 0.2) is 0 Å². The van der Waals surface area contributed by atoms with E-state index in [4.69, 9.17) is 9.47 Å². The smallest absolute Gasteiger partial charge is 0.407 e. The molecule has 0 spiro atoms. The summed E-state index contributed by atoms with van der Waals surface area (Å²) in [5.74, 6) is 0.514. The van der Waals surface area contributed by atoms with E-state index in [0.717, 1.165) is 59.1 Å². The molecule has 0 aliphatic carbocycles. The largest absolute Gasteiger partial charge is 0.497 e. The predicted octanol–water partition coefficient (Wildman–Crippen LogP) is 5.33. The molecular formula is C29H34BrN7O4. The Balaban J connectivity index is 1.30. The Labute approximate surface area is 246 Å². The number of carbonyl (C=O) groups is 2. The molecule has 1 fully saturated rings. The third-order valence-corrected chi connectivity index (χ3v) is 7.65. The summed E-state index contributed by atoms with van der Waals surface area (Å²) in [6, 6.07) is 7.67. The normalized spacial score (nSPS) is 15.1. The van der Waals surface area contributed by atoms with Crippen molar-refractivity contribution in [2.75, 3.05) is 37.0 Å². The number of halogens is 1. The van der Waals surface area contributed by atoms with Crippen LogP contribution in [-0.4, -0.2) is 64.6 Å². The second-order valence-electron chi connectivity index (χ2n) is 10.0. The quantitative estimate of drug-likeness (QED) is 0.204. The van der Waals surface area contributed by atoms with Gasteiger partial charge in [-0.1, -0.05) is 25.5 Å². The first-order chi connectivity index (χ1) is 19.9. The van der Waals surface area contributed by atoms with Crippen LogP contribution in [0.2, 0.25) is 0 Å². The van der Waals surface area contributed by atoms with E-state index in [1.807, 2.05) is 24.3 Å². The van der Waals surface area contributed by atoms with Crippen LogP contribution in [0.15, 0.2) is 53.5 Å². The molecule has 1 aliphatic heterocycles. The number of methoxy groups -OCH3 is 1. The standard InChI is InChI=1S/C29H34BrN7O4/c1-3-4-12-41-29(39)34-21-6-5-11-36(18-21)26-23(30)14-31-27-25(26)24(15-32-27)35-28(38)20-13-33-37(17-20)16-19-7-9-22(40-2)10-8-19/h7-10,13-15,17,21H,3-6,11-12,16,18H2,1-2H3,(H,31,32)(H,34,39)(H,35,38). The highest BCUT2D eigenvalue weighted by molar-refractivity contribution is 9.10. The lowest BCUT2D eigenvalue weighted by atomic mass is 10.0. The Kier molecular flexibility index (Phi) is 9.07. The maximum atomic E-state index is 13.3. The topological polar surface area (TPSA) is 126 Å². The maximum Gasteiger partial charge on any atom is 0.407 e. The van der Waals surface area contributed by atoms with E-state index in [1.165, 1.54) is 0 Å². The first-order valence-electron chi connectivity index (χ1n) is 13.8. The molecule has 1 saturated heterocycles. The first kappa shape index (κ1) is 28.5. The number of fused-ring (bicyclic) bond motifs is 1. The minimum Gasteiger partial charge on any atom is -0.497 e. The Morgan fingerprint density at radius 3 is 2.83 bits per heavy atom. The summed E-state index contributed by atoms with van der Waals surface area (Å²) in [4.78, 5) is 35.4. The second kappa shape index (κ2) is 13.1. The number of hydrogen-bond donors (Lipinski definition) is 3. The van der Waals surface area contributed by atoms with Gasteiger partial charge in [0.2, 0.25) is 0 Å². The molecule has 4 aromatic rings. The van der Waals surface area contributed by atoms with E-state index in [1.54, 1.807) is 36.6 Å². The molecule has 1 aliphatic rings. The van der Waals surface area contributed by atoms with Gasteiger partial charge in [0.1, 0.15) is 11.4 Å². The minimum absolute atomic E-state index is 0.0542. The fourth-order valence-electron chi connectivity index (χ4n) is 4.96. The van der Waals surface area contributed by atoms with E-state index in [0.29, 0.717) is 36.6 Å². The first-order valence-corrected chi connectivity index (χ1v) is 14.5. The van der Waals surface area contributed by atoms with Crippen molar-refractivity contribution in [3.05, 3.63) is 64.7 Å². The van der Waals surface area contributed by atoms with Crippen LogP contribution in [0.4, 0.5) is 16.2 Å². The zero-order valence-corrected chi connectivity index (χ0v) is 24.7. The van der Waals surface area contributed by atoms with E-state index in [-0.39, 0.29) is 18.0 Å². The zero-order valence-electron chi connectivity index (χ0n) is 23.2. The number of nitrogens with zero attached hydrogens (tertiary/aromatic N) is 4. The average Bonchev–Trinajstić information content (AvgIpc) is 3.61. The monoisotopic (exact) mass is 623 g/mol. The van der Waals surface area contributed by atoms with Crippen LogP contribution in [0.1, 0.15) is 48.5 Å². The number of nitrogens with one attached hydrogen (secondary N) is 3. The van der Waals surface area contributed by atoms with Crippen LogP contribution in [0.3, 0.4) is 0 Å². The Morgan fingerprint density at radius 2 is 2.05 bits per heavy atom. The summed E-state index contributed by atoms with van der Waals surface area (Å²) in [5.41, 5.74) is 3.67. The number of pyridine rings is 1. The second-order valence-corrected chi connectivity index (χ2v) is 10.9. The van der Waals surface area contributed by atoms with Crippen LogP contribution in [0.25, 0.3) is 11.0 Å². The number of ether oxygens (including phenoxy) is 2. The molecule has 12 heteroatoms. The summed E-state index contributed by atoms with van der Waals surface area (Å²) < 4.78 is 13.1. The van der Waals surface area contributed by atoms with Crippen LogP contribution in [-0.2, 0) is 11.3 Å². The lowest BCUT2D eigenvalue weighted by Gasteiger charge is -2.35. The highest BCUT2D eigenvalue weighted by Gasteiger charge is 2.27. The van der Waals surface area contributed by atoms with Crippen molar-refractivity contribution >= 4 is 50.3 Å². The van der Waals surface area contributed by atoms with Crippen molar-refractivity contribution in [3.63, 3.8) is 0 Å². The summed E-state index contributed by atoms with van der Waals surface area (Å²) in [5, 5.41) is 11.2. The minimum atomic E-state index is -0.383. The fraction of sp³-hybridized carbons (Fsp3) is 0.379. The number of rotatable bonds is 10. The molecule has 1 aromatic carbocycles. The summed E-state index contributed by atoms with van der Waals surface area (Å²) in [6.07, 6.45) is 9.98. The number of aromatic amines is 1. The van der Waals surface area contributed by atoms with Crippen LogP contribution in [0, 0.1) is 0 Å². The number of H-pyrrole nitrogens is 1. The van der Waals surface area contributed by atoms with Crippen LogP contribution >= 0.6 is 15.9 Å². The molecule has 1 atom stereocenters. The van der Waals surface area contributed by atoms with E-state index >= 15 is 0 Å². The molecule has 2 amide bonds.